The van der Waals surface area contributed by atoms with Crippen LogP contribution in [0.5, 0.6) is 0 Å². The van der Waals surface area contributed by atoms with Gasteiger partial charge in [0.15, 0.2) is 17.5 Å². The molecule has 1 amide bonds. The first kappa shape index (κ1) is 17.6. The predicted octanol–water partition coefficient (Wildman–Crippen LogP) is 5.01. The smallest absolute Gasteiger partial charge is 0.426 e. The summed E-state index contributed by atoms with van der Waals surface area (Å²) in [6, 6.07) is 1.10. The van der Waals surface area contributed by atoms with Gasteiger partial charge in [-0.05, 0) is 26.8 Å². The van der Waals surface area contributed by atoms with Crippen molar-refractivity contribution in [1.29, 1.82) is 0 Å². The highest BCUT2D eigenvalue weighted by Crippen LogP contribution is 2.33. The molecule has 23 heavy (non-hydrogen) atoms. The fraction of sp³-hybridized carbons (Fsp3) is 0.286. The average Bonchev–Trinajstić information content (AvgIpc) is 2.93. The van der Waals surface area contributed by atoms with Gasteiger partial charge in [0.2, 0.25) is 0 Å². The molecule has 0 atom stereocenters. The summed E-state index contributed by atoms with van der Waals surface area (Å²) in [6.07, 6.45) is -0.794. The van der Waals surface area contributed by atoms with Gasteiger partial charge in [0, 0.05) is 23.4 Å². The molecule has 0 N–H and O–H groups in total. The van der Waals surface area contributed by atoms with Crippen molar-refractivity contribution in [3.05, 3.63) is 40.5 Å². The van der Waals surface area contributed by atoms with Crippen molar-refractivity contribution < 1.29 is 22.7 Å². The Morgan fingerprint density at radius 3 is 2.43 bits per heavy atom. The highest BCUT2D eigenvalue weighted by Gasteiger charge is 2.27. The largest absolute Gasteiger partial charge is 0.443 e. The van der Waals surface area contributed by atoms with E-state index in [-0.39, 0.29) is 10.7 Å². The van der Waals surface area contributed by atoms with Gasteiger partial charge < -0.3 is 4.74 Å². The Morgan fingerprint density at radius 1 is 1.22 bits per heavy atom. The number of carbonyl (C=O) groups excluding carboxylic acids is 1. The molecule has 9 heteroatoms. The number of hydrogen-bond donors (Lipinski definition) is 0. The van der Waals surface area contributed by atoms with Crippen molar-refractivity contribution in [3.8, 4) is 0 Å². The lowest BCUT2D eigenvalue weighted by atomic mass is 10.2. The Morgan fingerprint density at radius 2 is 1.87 bits per heavy atom. The molecule has 0 radical (unpaired) electrons. The molecule has 2 aromatic rings. The van der Waals surface area contributed by atoms with E-state index >= 15 is 0 Å². The van der Waals surface area contributed by atoms with Crippen LogP contribution >= 0.6 is 23.3 Å². The third-order valence-electron chi connectivity index (χ3n) is 2.35. The van der Waals surface area contributed by atoms with E-state index in [1.807, 2.05) is 0 Å². The van der Waals surface area contributed by atoms with Crippen LogP contribution in [0.15, 0.2) is 27.9 Å². The van der Waals surface area contributed by atoms with Gasteiger partial charge in [0.1, 0.15) is 11.4 Å². The molecule has 0 unspecified atom stereocenters. The van der Waals surface area contributed by atoms with Crippen LogP contribution < -0.4 is 4.31 Å². The van der Waals surface area contributed by atoms with E-state index in [9.17, 15) is 18.0 Å². The van der Waals surface area contributed by atoms with Crippen molar-refractivity contribution >= 4 is 35.2 Å². The van der Waals surface area contributed by atoms with Crippen LogP contribution in [0.4, 0.5) is 23.8 Å². The van der Waals surface area contributed by atoms with Gasteiger partial charge in [0.25, 0.3) is 0 Å². The SMILES string of the molecule is CC(C)(C)OC(=O)N(Sc1cc(F)c(F)cc1F)c1cscn1. The summed E-state index contributed by atoms with van der Waals surface area (Å²) in [5.41, 5.74) is 0.702. The Labute approximate surface area is 139 Å². The quantitative estimate of drug-likeness (QED) is 0.569. The Hall–Kier alpha value is -1.74. The second kappa shape index (κ2) is 6.79. The standard InChI is InChI=1S/C14H13F3N2O2S2/c1-14(2,3)21-13(20)19(12-6-22-7-18-12)23-11-5-9(16)8(15)4-10(11)17/h4-7H,1-3H3. The van der Waals surface area contributed by atoms with Crippen LogP contribution in [0.25, 0.3) is 0 Å². The summed E-state index contributed by atoms with van der Waals surface area (Å²) >= 11 is 1.79. The number of thiazole rings is 1. The average molecular weight is 362 g/mol. The van der Waals surface area contributed by atoms with Crippen molar-refractivity contribution in [2.24, 2.45) is 0 Å². The van der Waals surface area contributed by atoms with E-state index in [0.717, 1.165) is 4.31 Å². The first-order valence-electron chi connectivity index (χ1n) is 6.41. The van der Waals surface area contributed by atoms with Gasteiger partial charge in [-0.2, -0.15) is 4.31 Å². The highest BCUT2D eigenvalue weighted by molar-refractivity contribution is 8.01. The van der Waals surface area contributed by atoms with Crippen LogP contribution in [0.3, 0.4) is 0 Å². The lowest BCUT2D eigenvalue weighted by Gasteiger charge is -2.25. The number of hydrogen-bond acceptors (Lipinski definition) is 5. The van der Waals surface area contributed by atoms with E-state index < -0.39 is 29.1 Å². The molecular weight excluding hydrogens is 349 g/mol. The fourth-order valence-corrected chi connectivity index (χ4v) is 2.85. The summed E-state index contributed by atoms with van der Waals surface area (Å²) in [5.74, 6) is -3.29. The number of aromatic nitrogens is 1. The minimum Gasteiger partial charge on any atom is -0.443 e. The van der Waals surface area contributed by atoms with Crippen LogP contribution in [-0.4, -0.2) is 16.7 Å². The Bertz CT molecular complexity index is 703. The molecule has 2 rings (SSSR count). The summed E-state index contributed by atoms with van der Waals surface area (Å²) in [6.45, 7) is 5.02. The number of rotatable bonds is 3. The number of halogens is 3. The summed E-state index contributed by atoms with van der Waals surface area (Å²) in [7, 11) is 0. The normalized spacial score (nSPS) is 11.4. The maximum Gasteiger partial charge on any atom is 0.426 e. The highest BCUT2D eigenvalue weighted by atomic mass is 32.2. The van der Waals surface area contributed by atoms with Crippen LogP contribution in [0, 0.1) is 17.5 Å². The molecule has 124 valence electrons. The van der Waals surface area contributed by atoms with Gasteiger partial charge in [-0.15, -0.1) is 11.3 Å². The number of anilines is 1. The zero-order valence-corrected chi connectivity index (χ0v) is 14.1. The van der Waals surface area contributed by atoms with E-state index in [2.05, 4.69) is 4.98 Å². The maximum absolute atomic E-state index is 13.8. The van der Waals surface area contributed by atoms with Crippen LogP contribution in [0.1, 0.15) is 20.8 Å². The Kier molecular flexibility index (Phi) is 5.20. The second-order valence-corrected chi connectivity index (χ2v) is 7.12. The first-order chi connectivity index (χ1) is 10.7. The van der Waals surface area contributed by atoms with E-state index in [1.165, 1.54) is 16.8 Å². The third-order valence-corrected chi connectivity index (χ3v) is 3.95. The molecule has 0 saturated carbocycles. The number of amides is 1. The lowest BCUT2D eigenvalue weighted by Crippen LogP contribution is -2.33. The van der Waals surface area contributed by atoms with Crippen molar-refractivity contribution in [1.82, 2.24) is 4.98 Å². The number of nitrogens with zero attached hydrogens (tertiary/aromatic N) is 2. The minimum atomic E-state index is -1.30. The molecule has 0 aliphatic carbocycles. The molecule has 0 spiro atoms. The van der Waals surface area contributed by atoms with E-state index in [4.69, 9.17) is 4.74 Å². The molecule has 0 aliphatic heterocycles. The zero-order valence-electron chi connectivity index (χ0n) is 12.5. The van der Waals surface area contributed by atoms with Crippen LogP contribution in [0.2, 0.25) is 0 Å². The Balaban J connectivity index is 2.32. The monoisotopic (exact) mass is 362 g/mol. The topological polar surface area (TPSA) is 42.4 Å². The van der Waals surface area contributed by atoms with E-state index in [1.54, 1.807) is 26.2 Å². The molecule has 1 aromatic carbocycles. The molecule has 1 heterocycles. The van der Waals surface area contributed by atoms with E-state index in [0.29, 0.717) is 24.1 Å². The molecule has 1 aromatic heterocycles. The summed E-state index contributed by atoms with van der Waals surface area (Å²) in [5, 5.41) is 1.55. The molecule has 0 saturated heterocycles. The molecule has 0 aliphatic rings. The van der Waals surface area contributed by atoms with Crippen molar-refractivity contribution in [2.75, 3.05) is 4.31 Å². The number of benzene rings is 1. The molecular formula is C14H13F3N2O2S2. The third kappa shape index (κ3) is 4.61. The van der Waals surface area contributed by atoms with Crippen molar-refractivity contribution in [2.45, 2.75) is 31.3 Å². The van der Waals surface area contributed by atoms with Crippen LogP contribution in [-0.2, 0) is 4.74 Å². The predicted molar refractivity (Wildman–Crippen MR) is 83.0 cm³/mol. The van der Waals surface area contributed by atoms with Gasteiger partial charge in [0.05, 0.1) is 10.4 Å². The number of ether oxygens (including phenoxy) is 1. The van der Waals surface area contributed by atoms with Gasteiger partial charge >= 0.3 is 6.09 Å². The lowest BCUT2D eigenvalue weighted by molar-refractivity contribution is 0.0611. The van der Waals surface area contributed by atoms with Crippen molar-refractivity contribution in [3.63, 3.8) is 0 Å². The summed E-state index contributed by atoms with van der Waals surface area (Å²) < 4.78 is 46.4. The molecule has 0 bridgehead atoms. The molecule has 4 nitrogen and oxygen atoms in total. The second-order valence-electron chi connectivity index (χ2n) is 5.41. The minimum absolute atomic E-state index is 0.207. The zero-order chi connectivity index (χ0) is 17.2. The maximum atomic E-state index is 13.8. The van der Waals surface area contributed by atoms with Gasteiger partial charge in [-0.1, -0.05) is 0 Å². The number of carbonyl (C=O) groups is 1. The van der Waals surface area contributed by atoms with Gasteiger partial charge in [-0.25, -0.2) is 22.9 Å². The molecule has 0 fully saturated rings. The fourth-order valence-electron chi connectivity index (χ4n) is 1.46. The van der Waals surface area contributed by atoms with Gasteiger partial charge in [-0.3, -0.25) is 0 Å². The first-order valence-corrected chi connectivity index (χ1v) is 8.13. The summed E-state index contributed by atoms with van der Waals surface area (Å²) in [4.78, 5) is 16.0.